The maximum absolute atomic E-state index is 13.2. The Bertz CT molecular complexity index is 1140. The molecule has 0 saturated carbocycles. The van der Waals surface area contributed by atoms with Crippen LogP contribution in [0.3, 0.4) is 0 Å². The lowest BCUT2D eigenvalue weighted by atomic mass is 10.1. The van der Waals surface area contributed by atoms with Gasteiger partial charge in [-0.25, -0.2) is 48.7 Å². The first-order chi connectivity index (χ1) is 15.6. The third-order valence-electron chi connectivity index (χ3n) is 3.63. The van der Waals surface area contributed by atoms with Crippen molar-refractivity contribution in [3.8, 4) is 0 Å². The van der Waals surface area contributed by atoms with Gasteiger partial charge in [-0.05, 0) is 12.8 Å². The summed E-state index contributed by atoms with van der Waals surface area (Å²) in [4.78, 5) is 8.98. The molecule has 0 aliphatic carbocycles. The van der Waals surface area contributed by atoms with Crippen LogP contribution in [0.5, 0.6) is 0 Å². The van der Waals surface area contributed by atoms with Crippen molar-refractivity contribution >= 4 is 16.1 Å². The molecule has 0 bridgehead atoms. The molecule has 0 amide bonds. The van der Waals surface area contributed by atoms with Crippen molar-refractivity contribution in [3.63, 3.8) is 0 Å². The van der Waals surface area contributed by atoms with E-state index in [9.17, 15) is 57.1 Å². The van der Waals surface area contributed by atoms with E-state index in [2.05, 4.69) is 4.74 Å². The molecule has 17 heteroatoms. The number of aliphatic hydroxyl groups excluding tert-OH is 1. The molecule has 2 rings (SSSR count). The Kier molecular flexibility index (Phi) is 9.83. The highest BCUT2D eigenvalue weighted by molar-refractivity contribution is 7.85. The largest absolute Gasteiger partial charge is 0.462 e. The van der Waals surface area contributed by atoms with E-state index in [-0.39, 0.29) is 26.1 Å². The van der Waals surface area contributed by atoms with Crippen molar-refractivity contribution in [2.75, 3.05) is 13.2 Å². The highest BCUT2D eigenvalue weighted by Gasteiger charge is 2.32. The fourth-order valence-electron chi connectivity index (χ4n) is 2.05. The molecule has 0 saturated heterocycles. The van der Waals surface area contributed by atoms with Gasteiger partial charge in [0, 0.05) is 6.61 Å². The average Bonchev–Trinajstić information content (AvgIpc) is 2.76. The smallest absolute Gasteiger partial charge is 0.344 e. The van der Waals surface area contributed by atoms with Gasteiger partial charge >= 0.3 is 16.1 Å². The van der Waals surface area contributed by atoms with Crippen LogP contribution in [-0.2, 0) is 14.9 Å². The number of rotatable bonds is 6. The minimum atomic E-state index is -5.52. The maximum atomic E-state index is 13.2. The summed E-state index contributed by atoms with van der Waals surface area (Å²) < 4.78 is 160. The van der Waals surface area contributed by atoms with E-state index >= 15 is 0 Å². The summed E-state index contributed by atoms with van der Waals surface area (Å²) in [7, 11) is -5.52. The van der Waals surface area contributed by atoms with Gasteiger partial charge in [0.2, 0.25) is 11.6 Å². The Balaban J connectivity index is 0.000000350. The molecule has 0 aliphatic heterocycles. The van der Waals surface area contributed by atoms with E-state index in [4.69, 9.17) is 9.66 Å². The molecular weight excluding hydrogens is 522 g/mol. The molecule has 190 valence electrons. The molecule has 0 aliphatic rings. The summed E-state index contributed by atoms with van der Waals surface area (Å²) in [6.07, 6.45) is 0.460. The minimum absolute atomic E-state index is 0.180. The Morgan fingerprint density at radius 1 is 0.647 bits per heavy atom. The van der Waals surface area contributed by atoms with Crippen molar-refractivity contribution < 1.29 is 71.5 Å². The van der Waals surface area contributed by atoms with Crippen molar-refractivity contribution in [3.05, 3.63) is 63.7 Å². The van der Waals surface area contributed by atoms with Gasteiger partial charge in [0.1, 0.15) is 5.56 Å². The fourth-order valence-corrected chi connectivity index (χ4v) is 2.68. The summed E-state index contributed by atoms with van der Waals surface area (Å²) in [5.74, 6) is -25.5. The first kappa shape index (κ1) is 29.1. The summed E-state index contributed by atoms with van der Waals surface area (Å²) in [5, 5.41) is 8.44. The molecule has 2 aromatic carbocycles. The molecule has 0 unspecified atom stereocenters. The van der Waals surface area contributed by atoms with Gasteiger partial charge in [-0.1, -0.05) is 0 Å². The zero-order valence-electron chi connectivity index (χ0n) is 16.0. The second-order valence-electron chi connectivity index (χ2n) is 5.89. The first-order valence-corrected chi connectivity index (χ1v) is 9.81. The lowest BCUT2D eigenvalue weighted by Crippen LogP contribution is -2.15. The number of carbonyl (C=O) groups excluding carboxylic acids is 1. The molecular formula is C17H10F10O6S. The Morgan fingerprint density at radius 3 is 1.35 bits per heavy atom. The summed E-state index contributed by atoms with van der Waals surface area (Å²) in [5.41, 5.74) is -1.62. The van der Waals surface area contributed by atoms with E-state index in [1.54, 1.807) is 0 Å². The van der Waals surface area contributed by atoms with E-state index in [1.807, 2.05) is 0 Å². The van der Waals surface area contributed by atoms with Gasteiger partial charge < -0.3 is 9.84 Å². The molecule has 0 spiro atoms. The summed E-state index contributed by atoms with van der Waals surface area (Å²) in [6, 6.07) is 0. The van der Waals surface area contributed by atoms with E-state index in [0.29, 0.717) is 0 Å². The van der Waals surface area contributed by atoms with Gasteiger partial charge in [-0.15, -0.1) is 0 Å². The van der Waals surface area contributed by atoms with Crippen LogP contribution < -0.4 is 0 Å². The number of carbonyl (C=O) groups is 1. The highest BCUT2D eigenvalue weighted by Crippen LogP contribution is 2.26. The van der Waals surface area contributed by atoms with Crippen molar-refractivity contribution in [2.45, 2.75) is 17.7 Å². The number of hydrogen-bond donors (Lipinski definition) is 2. The number of hydrogen-bond acceptors (Lipinski definition) is 5. The predicted molar refractivity (Wildman–Crippen MR) is 88.9 cm³/mol. The predicted octanol–water partition coefficient (Wildman–Crippen LogP) is 3.94. The Morgan fingerprint density at radius 2 is 1.00 bits per heavy atom. The number of aliphatic hydroxyl groups is 1. The Hall–Kier alpha value is -2.92. The van der Waals surface area contributed by atoms with Crippen LogP contribution in [0, 0.1) is 58.2 Å². The maximum Gasteiger partial charge on any atom is 0.344 e. The Labute approximate surface area is 183 Å². The lowest BCUT2D eigenvalue weighted by molar-refractivity contribution is 0.0478. The molecule has 0 aromatic heterocycles. The van der Waals surface area contributed by atoms with Gasteiger partial charge in [-0.2, -0.15) is 8.42 Å². The number of benzene rings is 2. The number of ether oxygens (including phenoxy) is 1. The van der Waals surface area contributed by atoms with Crippen LogP contribution >= 0.6 is 0 Å². The normalized spacial score (nSPS) is 11.2. The quantitative estimate of drug-likeness (QED) is 0.146. The second-order valence-corrected chi connectivity index (χ2v) is 7.24. The van der Waals surface area contributed by atoms with Gasteiger partial charge in [0.25, 0.3) is 0 Å². The van der Waals surface area contributed by atoms with Crippen LogP contribution in [0.1, 0.15) is 23.2 Å². The first-order valence-electron chi connectivity index (χ1n) is 8.37. The minimum Gasteiger partial charge on any atom is -0.462 e. The highest BCUT2D eigenvalue weighted by atomic mass is 32.2. The third kappa shape index (κ3) is 6.15. The molecule has 2 N–H and O–H groups in total. The number of unbranched alkanes of at least 4 members (excludes halogenated alkanes) is 1. The standard InChI is InChI=1S/C11H9F5O3.C6HF5O3S/c12-6-5(11(18)19-4-2-1-3-17)7(13)9(15)10(16)8(6)14;7-1-2(8)4(10)6(15(12,13)14)5(11)3(1)9/h17H,1-4H2;(H,12,13,14). The SMILES string of the molecule is O=C(OCCCCO)c1c(F)c(F)c(F)c(F)c1F.O=S(=O)(O)c1c(F)c(F)c(F)c(F)c1F. The van der Waals surface area contributed by atoms with Crippen molar-refractivity contribution in [1.82, 2.24) is 0 Å². The molecule has 0 radical (unpaired) electrons. The monoisotopic (exact) mass is 532 g/mol. The number of halogens is 10. The van der Waals surface area contributed by atoms with Gasteiger partial charge in [0.15, 0.2) is 51.4 Å². The summed E-state index contributed by atoms with van der Waals surface area (Å²) >= 11 is 0. The number of esters is 1. The van der Waals surface area contributed by atoms with Gasteiger partial charge in [-0.3, -0.25) is 4.55 Å². The summed E-state index contributed by atoms with van der Waals surface area (Å²) in [6.45, 7) is -0.487. The molecule has 34 heavy (non-hydrogen) atoms. The molecule has 6 nitrogen and oxygen atoms in total. The van der Waals surface area contributed by atoms with E-state index in [0.717, 1.165) is 0 Å². The lowest BCUT2D eigenvalue weighted by Gasteiger charge is -2.08. The van der Waals surface area contributed by atoms with Crippen LogP contribution in [-0.4, -0.2) is 37.3 Å². The van der Waals surface area contributed by atoms with Crippen molar-refractivity contribution in [2.24, 2.45) is 0 Å². The topological polar surface area (TPSA) is 101 Å². The van der Waals surface area contributed by atoms with Crippen LogP contribution in [0.15, 0.2) is 4.90 Å². The zero-order chi connectivity index (χ0) is 26.5. The van der Waals surface area contributed by atoms with Crippen LogP contribution in [0.4, 0.5) is 43.9 Å². The van der Waals surface area contributed by atoms with Crippen LogP contribution in [0.25, 0.3) is 0 Å². The fraction of sp³-hybridized carbons (Fsp3) is 0.235. The van der Waals surface area contributed by atoms with E-state index in [1.165, 1.54) is 0 Å². The molecule has 2 aromatic rings. The third-order valence-corrected chi connectivity index (χ3v) is 4.50. The molecule has 0 heterocycles. The average molecular weight is 532 g/mol. The van der Waals surface area contributed by atoms with Crippen LogP contribution in [0.2, 0.25) is 0 Å². The van der Waals surface area contributed by atoms with E-state index < -0.39 is 84.7 Å². The van der Waals surface area contributed by atoms with Gasteiger partial charge in [0.05, 0.1) is 6.61 Å². The van der Waals surface area contributed by atoms with Crippen molar-refractivity contribution in [1.29, 1.82) is 0 Å². The second kappa shape index (κ2) is 11.5. The zero-order valence-corrected chi connectivity index (χ0v) is 16.9. The molecule has 0 atom stereocenters. The molecule has 0 fully saturated rings.